The molecule has 154 valence electrons. The zero-order valence-electron chi connectivity index (χ0n) is 17.0. The summed E-state index contributed by atoms with van der Waals surface area (Å²) in [4.78, 5) is 23.4. The quantitative estimate of drug-likeness (QED) is 0.198. The molecule has 1 heterocycles. The third-order valence-corrected chi connectivity index (χ3v) is 6.27. The van der Waals surface area contributed by atoms with Gasteiger partial charge >= 0.3 is 0 Å². The molecule has 1 amide bonds. The Balaban J connectivity index is 1.46. The number of nitrogens with zero attached hydrogens (tertiary/aromatic N) is 2. The summed E-state index contributed by atoms with van der Waals surface area (Å²) in [6, 6.07) is 25.3. The Morgan fingerprint density at radius 3 is 2.44 bits per heavy atom. The van der Waals surface area contributed by atoms with Crippen LogP contribution < -0.4 is 5.43 Å². The van der Waals surface area contributed by atoms with E-state index < -0.39 is 10.8 Å². The van der Waals surface area contributed by atoms with Crippen molar-refractivity contribution in [3.63, 3.8) is 0 Å². The number of amides is 1. The summed E-state index contributed by atoms with van der Waals surface area (Å²) in [6.07, 6.45) is 1.96. The summed E-state index contributed by atoms with van der Waals surface area (Å²) in [5.74, 6) is -0.638. The van der Waals surface area contributed by atoms with E-state index in [1.54, 1.807) is 16.8 Å². The molecule has 5 aromatic rings. The number of rotatable bonds is 3. The lowest BCUT2D eigenvalue weighted by Crippen LogP contribution is -2.25. The third kappa shape index (κ3) is 2.80. The van der Waals surface area contributed by atoms with E-state index in [9.17, 15) is 14.9 Å². The van der Waals surface area contributed by atoms with Gasteiger partial charge in [0, 0.05) is 17.7 Å². The number of hydrazone groups is 1. The van der Waals surface area contributed by atoms with Crippen molar-refractivity contribution in [2.75, 3.05) is 6.54 Å². The number of non-ortho nitro benzene ring substituents is 1. The minimum atomic E-state index is -0.471. The van der Waals surface area contributed by atoms with E-state index in [1.165, 1.54) is 33.7 Å². The first-order valence-electron chi connectivity index (χ1n) is 10.4. The van der Waals surface area contributed by atoms with Gasteiger partial charge in [0.25, 0.3) is 11.6 Å². The van der Waals surface area contributed by atoms with Crippen LogP contribution in [0.5, 0.6) is 0 Å². The molecular formula is C26H18N3O3+. The van der Waals surface area contributed by atoms with E-state index in [4.69, 9.17) is 0 Å². The number of nitro benzene ring substituents is 1. The van der Waals surface area contributed by atoms with Crippen LogP contribution in [0.25, 0.3) is 32.3 Å². The Labute approximate surface area is 182 Å². The molecular weight excluding hydrogens is 402 g/mol. The number of hydrogen-bond donors (Lipinski definition) is 1. The molecule has 0 aromatic heterocycles. The molecule has 1 aliphatic rings. The molecule has 1 aliphatic heterocycles. The second kappa shape index (κ2) is 6.85. The Morgan fingerprint density at radius 2 is 1.62 bits per heavy atom. The van der Waals surface area contributed by atoms with Gasteiger partial charge in [0.05, 0.1) is 4.92 Å². The second-order valence-electron chi connectivity index (χ2n) is 8.18. The van der Waals surface area contributed by atoms with Gasteiger partial charge in [-0.15, -0.1) is 10.1 Å². The number of carbonyl (C=O) groups excluding carboxylic acids is 1. The van der Waals surface area contributed by atoms with E-state index in [0.29, 0.717) is 12.1 Å². The molecule has 0 saturated carbocycles. The SMILES string of the molecule is O=C1N/[N+](=C\c2cc3cccc4ccc5cccc2c5c43)C[C@@H]1c1cccc([N+](=O)[O-])c1. The Morgan fingerprint density at radius 1 is 0.906 bits per heavy atom. The Bertz CT molecular complexity index is 1590. The summed E-state index contributed by atoms with van der Waals surface area (Å²) < 4.78 is 1.78. The molecule has 6 nitrogen and oxygen atoms in total. The molecule has 1 fully saturated rings. The summed E-state index contributed by atoms with van der Waals surface area (Å²) in [5.41, 5.74) is 4.55. The van der Waals surface area contributed by atoms with Crippen molar-refractivity contribution in [2.45, 2.75) is 5.92 Å². The lowest BCUT2D eigenvalue weighted by Gasteiger charge is -2.12. The molecule has 1 N–H and O–H groups in total. The Hall–Kier alpha value is -4.32. The topological polar surface area (TPSA) is 75.2 Å². The van der Waals surface area contributed by atoms with Crippen molar-refractivity contribution in [3.05, 3.63) is 100 Å². The average molecular weight is 420 g/mol. The first-order valence-corrected chi connectivity index (χ1v) is 10.4. The molecule has 0 aliphatic carbocycles. The molecule has 0 bridgehead atoms. The van der Waals surface area contributed by atoms with Gasteiger partial charge in [-0.05, 0) is 43.9 Å². The zero-order valence-corrected chi connectivity index (χ0v) is 17.0. The van der Waals surface area contributed by atoms with Gasteiger partial charge in [0.15, 0.2) is 6.54 Å². The smallest absolute Gasteiger partial charge is 0.268 e. The van der Waals surface area contributed by atoms with Crippen LogP contribution in [0.15, 0.2) is 78.9 Å². The van der Waals surface area contributed by atoms with Crippen LogP contribution in [0, 0.1) is 10.1 Å². The van der Waals surface area contributed by atoms with Gasteiger partial charge in [-0.25, -0.2) is 0 Å². The number of hydrazine groups is 1. The Kier molecular flexibility index (Phi) is 3.95. The molecule has 6 rings (SSSR count). The monoisotopic (exact) mass is 420 g/mol. The van der Waals surface area contributed by atoms with E-state index in [1.807, 2.05) is 12.3 Å². The predicted octanol–water partition coefficient (Wildman–Crippen LogP) is 4.75. The van der Waals surface area contributed by atoms with E-state index >= 15 is 0 Å². The first kappa shape index (κ1) is 18.4. The average Bonchev–Trinajstić information content (AvgIpc) is 3.18. The number of benzene rings is 5. The van der Waals surface area contributed by atoms with Crippen molar-refractivity contribution >= 4 is 50.1 Å². The van der Waals surface area contributed by atoms with Crippen molar-refractivity contribution in [2.24, 2.45) is 0 Å². The van der Waals surface area contributed by atoms with Crippen molar-refractivity contribution < 1.29 is 14.4 Å². The minimum Gasteiger partial charge on any atom is -0.268 e. The maximum Gasteiger partial charge on any atom is 0.288 e. The number of carbonyl (C=O) groups is 1. The van der Waals surface area contributed by atoms with E-state index in [-0.39, 0.29) is 11.6 Å². The fourth-order valence-electron chi connectivity index (χ4n) is 4.81. The van der Waals surface area contributed by atoms with Crippen molar-refractivity contribution in [3.8, 4) is 0 Å². The van der Waals surface area contributed by atoms with Crippen LogP contribution in [0.2, 0.25) is 0 Å². The molecule has 1 atom stereocenters. The maximum absolute atomic E-state index is 12.7. The molecule has 6 heteroatoms. The maximum atomic E-state index is 12.7. The molecule has 32 heavy (non-hydrogen) atoms. The van der Waals surface area contributed by atoms with E-state index in [0.717, 1.165) is 16.3 Å². The van der Waals surface area contributed by atoms with Crippen molar-refractivity contribution in [1.82, 2.24) is 5.43 Å². The van der Waals surface area contributed by atoms with Crippen molar-refractivity contribution in [1.29, 1.82) is 0 Å². The lowest BCUT2D eigenvalue weighted by atomic mass is 9.91. The van der Waals surface area contributed by atoms with Crippen LogP contribution in [0.4, 0.5) is 5.69 Å². The highest BCUT2D eigenvalue weighted by Crippen LogP contribution is 2.36. The summed E-state index contributed by atoms with van der Waals surface area (Å²) >= 11 is 0. The van der Waals surface area contributed by atoms with Gasteiger partial charge in [-0.3, -0.25) is 14.9 Å². The highest BCUT2D eigenvalue weighted by Gasteiger charge is 2.36. The fourth-order valence-corrected chi connectivity index (χ4v) is 4.81. The zero-order chi connectivity index (χ0) is 21.8. The number of nitro groups is 1. The molecule has 0 radical (unpaired) electrons. The molecule has 0 spiro atoms. The van der Waals surface area contributed by atoms with E-state index in [2.05, 4.69) is 54.0 Å². The molecule has 0 unspecified atom stereocenters. The third-order valence-electron chi connectivity index (χ3n) is 6.27. The van der Waals surface area contributed by atoms with Crippen LogP contribution >= 0.6 is 0 Å². The highest BCUT2D eigenvalue weighted by molar-refractivity contribution is 6.25. The lowest BCUT2D eigenvalue weighted by molar-refractivity contribution is -0.554. The normalized spacial score (nSPS) is 17.6. The van der Waals surface area contributed by atoms with Crippen LogP contribution in [0.3, 0.4) is 0 Å². The predicted molar refractivity (Wildman–Crippen MR) is 124 cm³/mol. The second-order valence-corrected chi connectivity index (χ2v) is 8.18. The van der Waals surface area contributed by atoms with Gasteiger partial charge < -0.3 is 0 Å². The number of nitrogens with one attached hydrogen (secondary N) is 1. The summed E-state index contributed by atoms with van der Waals surface area (Å²) in [7, 11) is 0. The molecule has 5 aromatic carbocycles. The standard InChI is InChI=1S/C26H17N3O3/c30-26-23(18-6-2-8-21(13-18)29(31)32)15-28(27-26)14-20-12-19-7-1-4-16-10-11-17-5-3-9-22(20)25(17)24(16)19/h1-14,23H,15H2/p+1/b28-14-/t23-/m1/s1. The fraction of sp³-hybridized carbons (Fsp3) is 0.0769. The largest absolute Gasteiger partial charge is 0.288 e. The summed E-state index contributed by atoms with van der Waals surface area (Å²) in [5, 5.41) is 18.3. The summed E-state index contributed by atoms with van der Waals surface area (Å²) in [6.45, 7) is 0.402. The highest BCUT2D eigenvalue weighted by atomic mass is 16.6. The number of hydrogen-bond acceptors (Lipinski definition) is 3. The minimum absolute atomic E-state index is 0.0101. The first-order chi connectivity index (χ1) is 15.6. The van der Waals surface area contributed by atoms with Gasteiger partial charge in [0.2, 0.25) is 6.21 Å². The van der Waals surface area contributed by atoms with Gasteiger partial charge in [0.1, 0.15) is 5.92 Å². The molecule has 1 saturated heterocycles. The van der Waals surface area contributed by atoms with Crippen LogP contribution in [-0.2, 0) is 4.79 Å². The van der Waals surface area contributed by atoms with Crippen LogP contribution in [-0.4, -0.2) is 28.3 Å². The van der Waals surface area contributed by atoms with Gasteiger partial charge in [-0.2, -0.15) is 0 Å². The van der Waals surface area contributed by atoms with Gasteiger partial charge in [-0.1, -0.05) is 60.7 Å². The van der Waals surface area contributed by atoms with Crippen LogP contribution in [0.1, 0.15) is 17.0 Å².